The highest BCUT2D eigenvalue weighted by molar-refractivity contribution is 5.98. The van der Waals surface area contributed by atoms with Crippen LogP contribution in [0.25, 0.3) is 16.9 Å². The predicted molar refractivity (Wildman–Crippen MR) is 262 cm³/mol. The van der Waals surface area contributed by atoms with E-state index >= 15 is 0 Å². The third-order valence-corrected chi connectivity index (χ3v) is 14.9. The number of carbonyl (C=O) groups excluding carboxylic acids is 3. The van der Waals surface area contributed by atoms with Crippen LogP contribution in [0.15, 0.2) is 55.0 Å². The largest absolute Gasteiger partial charge is 0.508 e. The standard InChI is InChI=1S/C51H64N12O7/c1-33(2)41-24-42(45(65)25-44(41)64)49(67)62-30-36-5-4-35(22-37(36)31-62)29-57-10-8-40(9-11-57)59-16-14-58(15-17-59)28-34-6-12-61(13-7-34)48(66)38-23-43-47(60-18-20-70-21-19-60)54-46(56-63(43)32-38)39-26-52-50(53-27-39)55-51(68)69-3/h4-5,22-27,32-34,40,64-65H,6-21,28-31H2,1-3H3,(H,52,53,55,68). The molecule has 4 saturated heterocycles. The van der Waals surface area contributed by atoms with Crippen molar-refractivity contribution in [2.24, 2.45) is 5.92 Å². The summed E-state index contributed by atoms with van der Waals surface area (Å²) in [4.78, 5) is 66.4. The number of hydrogen-bond donors (Lipinski definition) is 3. The molecule has 3 aromatic heterocycles. The van der Waals surface area contributed by atoms with Crippen LogP contribution in [-0.2, 0) is 29.1 Å². The summed E-state index contributed by atoms with van der Waals surface area (Å²) < 4.78 is 12.0. The van der Waals surface area contributed by atoms with E-state index < -0.39 is 6.09 Å². The van der Waals surface area contributed by atoms with Crippen molar-refractivity contribution in [2.45, 2.75) is 71.1 Å². The Labute approximate surface area is 408 Å². The number of carbonyl (C=O) groups is 3. The molecule has 5 aliphatic heterocycles. The number of nitrogens with zero attached hydrogens (tertiary/aromatic N) is 11. The number of morpholine rings is 1. The molecule has 8 heterocycles. The van der Waals surface area contributed by atoms with Crippen LogP contribution in [0.5, 0.6) is 11.5 Å². The van der Waals surface area contributed by atoms with Gasteiger partial charge >= 0.3 is 6.09 Å². The van der Waals surface area contributed by atoms with E-state index in [0.717, 1.165) is 108 Å². The summed E-state index contributed by atoms with van der Waals surface area (Å²) in [5.74, 6) is 1.38. The van der Waals surface area contributed by atoms with E-state index in [2.05, 4.69) is 57.8 Å². The van der Waals surface area contributed by atoms with Gasteiger partial charge in [-0.15, -0.1) is 5.10 Å². The fourth-order valence-corrected chi connectivity index (χ4v) is 10.8. The quantitative estimate of drug-likeness (QED) is 0.159. The Morgan fingerprint density at radius 1 is 0.800 bits per heavy atom. The van der Waals surface area contributed by atoms with Gasteiger partial charge in [0.2, 0.25) is 5.95 Å². The lowest BCUT2D eigenvalue weighted by Gasteiger charge is -2.44. The topological polar surface area (TPSA) is 198 Å². The number of likely N-dealkylation sites (tertiary alicyclic amines) is 2. The van der Waals surface area contributed by atoms with Crippen LogP contribution < -0.4 is 10.2 Å². The zero-order valence-electron chi connectivity index (χ0n) is 40.4. The fraction of sp³-hybridized carbons (Fsp3) is 0.510. The molecule has 19 nitrogen and oxygen atoms in total. The van der Waals surface area contributed by atoms with Crippen molar-refractivity contribution >= 4 is 35.2 Å². The number of benzene rings is 2. The van der Waals surface area contributed by atoms with Gasteiger partial charge in [-0.1, -0.05) is 32.0 Å². The van der Waals surface area contributed by atoms with E-state index in [1.165, 1.54) is 18.7 Å². The van der Waals surface area contributed by atoms with Gasteiger partial charge in [-0.2, -0.15) is 0 Å². The van der Waals surface area contributed by atoms with Gasteiger partial charge in [0.25, 0.3) is 11.8 Å². The van der Waals surface area contributed by atoms with E-state index in [1.54, 1.807) is 34.1 Å². The molecule has 4 fully saturated rings. The highest BCUT2D eigenvalue weighted by Gasteiger charge is 2.32. The Bertz CT molecular complexity index is 2700. The molecule has 0 unspecified atom stereocenters. The van der Waals surface area contributed by atoms with Crippen LogP contribution in [0.3, 0.4) is 0 Å². The third-order valence-electron chi connectivity index (χ3n) is 14.9. The molecule has 0 saturated carbocycles. The first-order chi connectivity index (χ1) is 34.0. The highest BCUT2D eigenvalue weighted by atomic mass is 16.5. The van der Waals surface area contributed by atoms with Crippen LogP contribution in [-0.4, -0.2) is 176 Å². The second-order valence-electron chi connectivity index (χ2n) is 19.8. The van der Waals surface area contributed by atoms with Crippen molar-refractivity contribution < 1.29 is 34.1 Å². The van der Waals surface area contributed by atoms with Crippen LogP contribution >= 0.6 is 0 Å². The molecule has 19 heteroatoms. The Balaban J connectivity index is 0.675. The van der Waals surface area contributed by atoms with Gasteiger partial charge in [0, 0.05) is 109 Å². The molecule has 3 amide bonds. The fourth-order valence-electron chi connectivity index (χ4n) is 10.8. The monoisotopic (exact) mass is 957 g/mol. The van der Waals surface area contributed by atoms with E-state index in [0.29, 0.717) is 79.7 Å². The summed E-state index contributed by atoms with van der Waals surface area (Å²) >= 11 is 0. The van der Waals surface area contributed by atoms with Gasteiger partial charge in [0.15, 0.2) is 11.6 Å². The summed E-state index contributed by atoms with van der Waals surface area (Å²) in [6.45, 7) is 17.2. The van der Waals surface area contributed by atoms with Crippen molar-refractivity contribution in [1.82, 2.24) is 49.1 Å². The van der Waals surface area contributed by atoms with Crippen molar-refractivity contribution in [2.75, 3.05) is 103 Å². The number of anilines is 2. The maximum absolute atomic E-state index is 14.0. The van der Waals surface area contributed by atoms with Crippen molar-refractivity contribution in [3.8, 4) is 22.9 Å². The third kappa shape index (κ3) is 10.2. The van der Waals surface area contributed by atoms with Gasteiger partial charge < -0.3 is 39.3 Å². The Kier molecular flexibility index (Phi) is 13.9. The van der Waals surface area contributed by atoms with Gasteiger partial charge in [-0.25, -0.2) is 24.3 Å². The van der Waals surface area contributed by atoms with Crippen LogP contribution in [0, 0.1) is 5.92 Å². The van der Waals surface area contributed by atoms with Crippen LogP contribution in [0.4, 0.5) is 16.6 Å². The average Bonchev–Trinajstić information content (AvgIpc) is 4.02. The zero-order valence-corrected chi connectivity index (χ0v) is 40.4. The van der Waals surface area contributed by atoms with Crippen LogP contribution in [0.1, 0.15) is 88.4 Å². The van der Waals surface area contributed by atoms with Crippen molar-refractivity contribution in [3.05, 3.63) is 88.4 Å². The van der Waals surface area contributed by atoms with Crippen LogP contribution in [0.2, 0.25) is 0 Å². The molecular formula is C51H64N12O7. The number of fused-ring (bicyclic) bond motifs is 2. The number of aromatic nitrogens is 5. The maximum atomic E-state index is 14.0. The molecule has 2 aromatic carbocycles. The smallest absolute Gasteiger partial charge is 0.413 e. The number of phenolic OH excluding ortho intramolecular Hbond substituents is 2. The number of aromatic hydroxyl groups is 2. The SMILES string of the molecule is COC(=O)Nc1ncc(-c2nc(N3CCOCC3)c3cc(C(=O)N4CCC(CN5CCN(C6CCN(Cc7ccc8c(c7)CN(C(=O)c7cc(C(C)C)c(O)cc7O)C8)CC6)CC5)CC4)cn3n2)cn1. The summed E-state index contributed by atoms with van der Waals surface area (Å²) in [5.41, 5.74) is 6.33. The molecule has 0 spiro atoms. The number of phenols is 2. The minimum Gasteiger partial charge on any atom is -0.508 e. The molecular weight excluding hydrogens is 893 g/mol. The number of ether oxygens (including phenoxy) is 2. The Morgan fingerprint density at radius 3 is 2.24 bits per heavy atom. The van der Waals surface area contributed by atoms with Gasteiger partial charge in [0.05, 0.1) is 37.0 Å². The van der Waals surface area contributed by atoms with E-state index in [-0.39, 0.29) is 40.7 Å². The van der Waals surface area contributed by atoms with E-state index in [1.807, 2.05) is 24.8 Å². The second-order valence-corrected chi connectivity index (χ2v) is 19.8. The summed E-state index contributed by atoms with van der Waals surface area (Å²) in [6.07, 6.45) is 8.50. The first-order valence-corrected chi connectivity index (χ1v) is 24.8. The van der Waals surface area contributed by atoms with E-state index in [4.69, 9.17) is 14.8 Å². The molecule has 0 bridgehead atoms. The maximum Gasteiger partial charge on any atom is 0.413 e. The molecule has 70 heavy (non-hydrogen) atoms. The van der Waals surface area contributed by atoms with E-state index in [9.17, 15) is 24.6 Å². The first kappa shape index (κ1) is 47.3. The lowest BCUT2D eigenvalue weighted by Crippen LogP contribution is -2.54. The zero-order chi connectivity index (χ0) is 48.5. The second kappa shape index (κ2) is 20.5. The summed E-state index contributed by atoms with van der Waals surface area (Å²) in [5, 5.41) is 28.1. The molecule has 0 atom stereocenters. The van der Waals surface area contributed by atoms with Crippen molar-refractivity contribution in [1.29, 1.82) is 0 Å². The molecule has 5 aliphatic rings. The first-order valence-electron chi connectivity index (χ1n) is 24.8. The van der Waals surface area contributed by atoms with Gasteiger partial charge in [0.1, 0.15) is 17.0 Å². The molecule has 5 aromatic rings. The van der Waals surface area contributed by atoms with Gasteiger partial charge in [-0.3, -0.25) is 24.7 Å². The normalized spacial score (nSPS) is 19.0. The molecule has 0 radical (unpaired) electrons. The van der Waals surface area contributed by atoms with Gasteiger partial charge in [-0.05, 0) is 85.0 Å². The number of nitrogens with one attached hydrogen (secondary N) is 1. The number of rotatable bonds is 11. The molecule has 370 valence electrons. The average molecular weight is 957 g/mol. The highest BCUT2D eigenvalue weighted by Crippen LogP contribution is 2.35. The molecule has 10 rings (SSSR count). The lowest BCUT2D eigenvalue weighted by molar-refractivity contribution is 0.0442. The number of hydrogen-bond acceptors (Lipinski definition) is 15. The molecule has 3 N–H and O–H groups in total. The number of piperazine rings is 1. The minimum absolute atomic E-state index is 0.00171. The number of methoxy groups -OCH3 is 1. The Hall–Kier alpha value is -6.41. The number of piperidine rings is 2. The number of amides is 3. The lowest BCUT2D eigenvalue weighted by atomic mass is 9.95. The minimum atomic E-state index is -0.665. The summed E-state index contributed by atoms with van der Waals surface area (Å²) in [6, 6.07) is 12.0. The van der Waals surface area contributed by atoms with Crippen molar-refractivity contribution in [3.63, 3.8) is 0 Å². The summed E-state index contributed by atoms with van der Waals surface area (Å²) in [7, 11) is 1.27. The molecule has 0 aliphatic carbocycles. The Morgan fingerprint density at radius 2 is 1.53 bits per heavy atom. The predicted octanol–water partition coefficient (Wildman–Crippen LogP) is 5.03.